The van der Waals surface area contributed by atoms with Gasteiger partial charge in [0.1, 0.15) is 0 Å². The van der Waals surface area contributed by atoms with Gasteiger partial charge in [0.05, 0.1) is 15.3 Å². The molecule has 0 N–H and O–H groups in total. The molecule has 2 rings (SSSR count). The van der Waals surface area contributed by atoms with Crippen molar-refractivity contribution >= 4 is 28.7 Å². The van der Waals surface area contributed by atoms with Crippen LogP contribution in [0.25, 0.3) is 0 Å². The van der Waals surface area contributed by atoms with Gasteiger partial charge in [-0.15, -0.1) is 11.3 Å². The molecule has 1 atom stereocenters. The van der Waals surface area contributed by atoms with Crippen molar-refractivity contribution in [3.63, 3.8) is 0 Å². The van der Waals surface area contributed by atoms with Crippen molar-refractivity contribution in [1.29, 1.82) is 0 Å². The third-order valence-electron chi connectivity index (χ3n) is 4.02. The second kappa shape index (κ2) is 7.03. The molecule has 5 heteroatoms. The van der Waals surface area contributed by atoms with Crippen LogP contribution >= 0.6 is 22.9 Å². The van der Waals surface area contributed by atoms with E-state index in [2.05, 4.69) is 23.9 Å². The second-order valence-corrected chi connectivity index (χ2v) is 7.60. The van der Waals surface area contributed by atoms with Crippen LogP contribution in [0, 0.1) is 5.92 Å². The first kappa shape index (κ1) is 16.0. The van der Waals surface area contributed by atoms with Crippen molar-refractivity contribution in [2.45, 2.75) is 25.8 Å². The summed E-state index contributed by atoms with van der Waals surface area (Å²) in [6.45, 7) is 5.20. The lowest BCUT2D eigenvalue weighted by Crippen LogP contribution is -2.45. The van der Waals surface area contributed by atoms with Crippen LogP contribution in [-0.4, -0.2) is 55.4 Å². The number of rotatable bonds is 5. The lowest BCUT2D eigenvalue weighted by molar-refractivity contribution is 0.0759. The van der Waals surface area contributed by atoms with Crippen LogP contribution < -0.4 is 0 Å². The van der Waals surface area contributed by atoms with Gasteiger partial charge in [0, 0.05) is 6.54 Å². The molecule has 1 aromatic heterocycles. The number of piperidine rings is 1. The van der Waals surface area contributed by atoms with Crippen LogP contribution in [0.1, 0.15) is 29.4 Å². The maximum Gasteiger partial charge on any atom is 0.189 e. The van der Waals surface area contributed by atoms with Crippen LogP contribution in [0.2, 0.25) is 4.34 Å². The van der Waals surface area contributed by atoms with Crippen LogP contribution in [0.5, 0.6) is 0 Å². The molecule has 0 aliphatic carbocycles. The highest BCUT2D eigenvalue weighted by Crippen LogP contribution is 2.25. The Kier molecular flexibility index (Phi) is 5.61. The molecule has 1 fully saturated rings. The molecule has 0 bridgehead atoms. The van der Waals surface area contributed by atoms with Gasteiger partial charge in [0.2, 0.25) is 0 Å². The normalized spacial score (nSPS) is 19.4. The first-order chi connectivity index (χ1) is 9.47. The highest BCUT2D eigenvalue weighted by atomic mass is 35.5. The minimum atomic E-state index is -0.0370. The highest BCUT2D eigenvalue weighted by Gasteiger charge is 2.27. The lowest BCUT2D eigenvalue weighted by Gasteiger charge is -2.36. The van der Waals surface area contributed by atoms with Gasteiger partial charge >= 0.3 is 0 Å². The molecule has 1 aromatic rings. The van der Waals surface area contributed by atoms with E-state index < -0.39 is 0 Å². The molecular weight excluding hydrogens is 292 g/mol. The Morgan fingerprint density at radius 2 is 2.10 bits per heavy atom. The van der Waals surface area contributed by atoms with Gasteiger partial charge < -0.3 is 4.90 Å². The zero-order chi connectivity index (χ0) is 14.7. The van der Waals surface area contributed by atoms with E-state index >= 15 is 0 Å². The average molecular weight is 315 g/mol. The molecule has 0 saturated carbocycles. The topological polar surface area (TPSA) is 23.6 Å². The SMILES string of the molecule is CC(C(=O)c1ccc(Cl)s1)N1CCC(CN(C)C)CC1. The van der Waals surface area contributed by atoms with Crippen molar-refractivity contribution < 1.29 is 4.79 Å². The number of Topliss-reactive ketones (excluding diaryl/α,β-unsaturated/α-hetero) is 1. The maximum atomic E-state index is 12.4. The van der Waals surface area contributed by atoms with E-state index in [-0.39, 0.29) is 11.8 Å². The summed E-state index contributed by atoms with van der Waals surface area (Å²) in [7, 11) is 4.25. The van der Waals surface area contributed by atoms with Crippen molar-refractivity contribution in [3.8, 4) is 0 Å². The van der Waals surface area contributed by atoms with Gasteiger partial charge in [0.25, 0.3) is 0 Å². The van der Waals surface area contributed by atoms with Crippen LogP contribution in [0.15, 0.2) is 12.1 Å². The second-order valence-electron chi connectivity index (χ2n) is 5.89. The molecule has 0 aromatic carbocycles. The summed E-state index contributed by atoms with van der Waals surface area (Å²) >= 11 is 7.29. The van der Waals surface area contributed by atoms with Gasteiger partial charge in [0.15, 0.2) is 5.78 Å². The quantitative estimate of drug-likeness (QED) is 0.780. The summed E-state index contributed by atoms with van der Waals surface area (Å²) in [4.78, 5) is 17.8. The van der Waals surface area contributed by atoms with Crippen molar-refractivity contribution in [2.24, 2.45) is 5.92 Å². The van der Waals surface area contributed by atoms with Crippen LogP contribution in [0.3, 0.4) is 0 Å². The predicted molar refractivity (Wildman–Crippen MR) is 86.0 cm³/mol. The molecule has 20 heavy (non-hydrogen) atoms. The molecule has 2 heterocycles. The average Bonchev–Trinajstić information content (AvgIpc) is 2.84. The van der Waals surface area contributed by atoms with Gasteiger partial charge in [-0.3, -0.25) is 9.69 Å². The number of halogens is 1. The number of hydrogen-bond acceptors (Lipinski definition) is 4. The van der Waals surface area contributed by atoms with Crippen molar-refractivity contribution in [2.75, 3.05) is 33.7 Å². The largest absolute Gasteiger partial charge is 0.309 e. The van der Waals surface area contributed by atoms with Crippen molar-refractivity contribution in [1.82, 2.24) is 9.80 Å². The molecule has 1 saturated heterocycles. The monoisotopic (exact) mass is 314 g/mol. The Balaban J connectivity index is 1.88. The molecule has 1 aliphatic rings. The van der Waals surface area contributed by atoms with E-state index in [1.54, 1.807) is 6.07 Å². The maximum absolute atomic E-state index is 12.4. The molecule has 3 nitrogen and oxygen atoms in total. The van der Waals surface area contributed by atoms with Gasteiger partial charge in [-0.25, -0.2) is 0 Å². The standard InChI is InChI=1S/C15H23ClN2OS/c1-11(15(19)13-4-5-14(16)20-13)18-8-6-12(7-9-18)10-17(2)3/h4-5,11-12H,6-10H2,1-3H3. The van der Waals surface area contributed by atoms with E-state index in [9.17, 15) is 4.79 Å². The third kappa shape index (κ3) is 4.04. The van der Waals surface area contributed by atoms with Gasteiger partial charge in [-0.2, -0.15) is 0 Å². The van der Waals surface area contributed by atoms with Gasteiger partial charge in [-0.1, -0.05) is 11.6 Å². The number of ketones is 1. The number of nitrogens with zero attached hydrogens (tertiary/aromatic N) is 2. The number of thiophene rings is 1. The molecule has 0 spiro atoms. The zero-order valence-corrected chi connectivity index (χ0v) is 14.0. The Morgan fingerprint density at radius 1 is 1.45 bits per heavy atom. The molecule has 0 radical (unpaired) electrons. The van der Waals surface area contributed by atoms with Gasteiger partial charge in [-0.05, 0) is 65.0 Å². The Hall–Kier alpha value is -0.420. The zero-order valence-electron chi connectivity index (χ0n) is 12.4. The summed E-state index contributed by atoms with van der Waals surface area (Å²) in [5.41, 5.74) is 0. The van der Waals surface area contributed by atoms with E-state index in [4.69, 9.17) is 11.6 Å². The lowest BCUT2D eigenvalue weighted by atomic mass is 9.95. The molecule has 1 aliphatic heterocycles. The van der Waals surface area contributed by atoms with E-state index in [0.717, 1.165) is 30.4 Å². The van der Waals surface area contributed by atoms with E-state index in [1.807, 2.05) is 13.0 Å². The van der Waals surface area contributed by atoms with E-state index in [1.165, 1.54) is 24.2 Å². The fraction of sp³-hybridized carbons (Fsp3) is 0.667. The molecule has 112 valence electrons. The predicted octanol–water partition coefficient (Wildman–Crippen LogP) is 3.25. The fourth-order valence-electron chi connectivity index (χ4n) is 2.86. The van der Waals surface area contributed by atoms with Crippen LogP contribution in [-0.2, 0) is 0 Å². The number of carbonyl (C=O) groups is 1. The summed E-state index contributed by atoms with van der Waals surface area (Å²) in [6.07, 6.45) is 2.36. The van der Waals surface area contributed by atoms with Crippen LogP contribution in [0.4, 0.5) is 0 Å². The Morgan fingerprint density at radius 3 is 2.60 bits per heavy atom. The molecular formula is C15H23ClN2OS. The summed E-state index contributed by atoms with van der Waals surface area (Å²) in [5, 5.41) is 0. The third-order valence-corrected chi connectivity index (χ3v) is 5.26. The summed E-state index contributed by atoms with van der Waals surface area (Å²) in [5.74, 6) is 0.965. The molecule has 0 amide bonds. The molecule has 1 unspecified atom stereocenters. The Bertz CT molecular complexity index is 452. The first-order valence-electron chi connectivity index (χ1n) is 7.15. The number of hydrogen-bond donors (Lipinski definition) is 0. The Labute approximate surface area is 130 Å². The first-order valence-corrected chi connectivity index (χ1v) is 8.35. The fourth-order valence-corrected chi connectivity index (χ4v) is 3.92. The smallest absolute Gasteiger partial charge is 0.189 e. The number of likely N-dealkylation sites (tertiary alicyclic amines) is 1. The summed E-state index contributed by atoms with van der Waals surface area (Å²) in [6, 6.07) is 3.60. The van der Waals surface area contributed by atoms with Crippen molar-refractivity contribution in [3.05, 3.63) is 21.3 Å². The van der Waals surface area contributed by atoms with E-state index in [0.29, 0.717) is 4.34 Å². The minimum absolute atomic E-state index is 0.0370. The number of carbonyl (C=O) groups excluding carboxylic acids is 1. The highest BCUT2D eigenvalue weighted by molar-refractivity contribution is 7.18. The summed E-state index contributed by atoms with van der Waals surface area (Å²) < 4.78 is 0.685. The minimum Gasteiger partial charge on any atom is -0.309 e.